The van der Waals surface area contributed by atoms with E-state index in [1.165, 1.54) is 13.0 Å². The number of halogens is 3. The van der Waals surface area contributed by atoms with Crippen molar-refractivity contribution < 1.29 is 31.5 Å². The number of benzene rings is 2. The molecule has 0 saturated carbocycles. The quantitative estimate of drug-likeness (QED) is 0.403. The Kier molecular flexibility index (Phi) is 8.28. The van der Waals surface area contributed by atoms with Crippen molar-refractivity contribution in [1.29, 1.82) is 0 Å². The molecule has 1 N–H and O–H groups in total. The summed E-state index contributed by atoms with van der Waals surface area (Å²) in [5.41, 5.74) is -0.0940. The Morgan fingerprint density at radius 3 is 2.21 bits per heavy atom. The van der Waals surface area contributed by atoms with Gasteiger partial charge in [0.15, 0.2) is 5.78 Å². The molecule has 0 spiro atoms. The average molecular weight is 516 g/mol. The molecule has 2 rings (SSSR count). The van der Waals surface area contributed by atoms with Gasteiger partial charge in [0.1, 0.15) is 28.2 Å². The Hall–Kier alpha value is -2.36. The SMILES string of the molecule is CC(=O)c1cc(Cl)cc(F)c1S(=O)(=O)N[C@H](C(=O)OC(C)(C)C)C(C)c1c(F)ccc(C)c1C. The first-order valence-electron chi connectivity index (χ1n) is 10.5. The fourth-order valence-corrected chi connectivity index (χ4v) is 5.34. The molecular weight excluding hydrogens is 488 g/mol. The van der Waals surface area contributed by atoms with E-state index in [1.54, 1.807) is 40.7 Å². The van der Waals surface area contributed by atoms with Crippen molar-refractivity contribution in [2.45, 2.75) is 70.9 Å². The van der Waals surface area contributed by atoms with Gasteiger partial charge in [0.25, 0.3) is 0 Å². The molecule has 0 radical (unpaired) electrons. The third-order valence-electron chi connectivity index (χ3n) is 5.29. The zero-order chi connectivity index (χ0) is 26.2. The zero-order valence-electron chi connectivity index (χ0n) is 20.0. The maximum absolute atomic E-state index is 14.8. The summed E-state index contributed by atoms with van der Waals surface area (Å²) >= 11 is 5.80. The molecule has 2 aromatic rings. The fourth-order valence-electron chi connectivity index (χ4n) is 3.57. The van der Waals surface area contributed by atoms with Crippen LogP contribution in [0.25, 0.3) is 0 Å². The summed E-state index contributed by atoms with van der Waals surface area (Å²) in [5, 5.41) is -0.170. The Balaban J connectivity index is 2.68. The van der Waals surface area contributed by atoms with Gasteiger partial charge in [0, 0.05) is 16.5 Å². The third kappa shape index (κ3) is 6.20. The van der Waals surface area contributed by atoms with Crippen molar-refractivity contribution in [2.75, 3.05) is 0 Å². The van der Waals surface area contributed by atoms with Crippen molar-refractivity contribution >= 4 is 33.4 Å². The number of ketones is 1. The molecule has 0 aliphatic carbocycles. The minimum absolute atomic E-state index is 0.113. The van der Waals surface area contributed by atoms with E-state index in [4.69, 9.17) is 16.3 Å². The zero-order valence-corrected chi connectivity index (χ0v) is 21.6. The molecule has 0 aromatic heterocycles. The summed E-state index contributed by atoms with van der Waals surface area (Å²) < 4.78 is 63.7. The lowest BCUT2D eigenvalue weighted by atomic mass is 9.88. The number of Topliss-reactive ketones (excluding diaryl/α,β-unsaturated/α-hetero) is 1. The summed E-state index contributed by atoms with van der Waals surface area (Å²) in [4.78, 5) is 24.2. The van der Waals surface area contributed by atoms with E-state index in [-0.39, 0.29) is 10.6 Å². The van der Waals surface area contributed by atoms with Crippen molar-refractivity contribution in [3.05, 3.63) is 63.2 Å². The Morgan fingerprint density at radius 1 is 1.09 bits per heavy atom. The van der Waals surface area contributed by atoms with Gasteiger partial charge in [-0.25, -0.2) is 17.2 Å². The lowest BCUT2D eigenvalue weighted by Gasteiger charge is -2.29. The summed E-state index contributed by atoms with van der Waals surface area (Å²) in [5.74, 6) is -4.67. The molecule has 0 aliphatic heterocycles. The normalized spacial score (nSPS) is 13.9. The van der Waals surface area contributed by atoms with Gasteiger partial charge in [-0.15, -0.1) is 0 Å². The number of hydrogen-bond donors (Lipinski definition) is 1. The second-order valence-electron chi connectivity index (χ2n) is 9.14. The smallest absolute Gasteiger partial charge is 0.325 e. The van der Waals surface area contributed by atoms with E-state index in [0.29, 0.717) is 5.56 Å². The second-order valence-corrected chi connectivity index (χ2v) is 11.2. The maximum Gasteiger partial charge on any atom is 0.325 e. The van der Waals surface area contributed by atoms with Gasteiger partial charge in [-0.2, -0.15) is 4.72 Å². The number of carbonyl (C=O) groups excluding carboxylic acids is 2. The number of aryl methyl sites for hydroxylation is 1. The number of carbonyl (C=O) groups is 2. The van der Waals surface area contributed by atoms with Crippen LogP contribution >= 0.6 is 11.6 Å². The van der Waals surface area contributed by atoms with Crippen LogP contribution in [-0.2, 0) is 19.6 Å². The Labute approximate surface area is 203 Å². The van der Waals surface area contributed by atoms with E-state index in [2.05, 4.69) is 4.72 Å². The number of ether oxygens (including phenoxy) is 1. The molecule has 1 unspecified atom stereocenters. The van der Waals surface area contributed by atoms with Crippen LogP contribution in [0.2, 0.25) is 5.02 Å². The molecule has 0 aliphatic rings. The van der Waals surface area contributed by atoms with E-state index < -0.39 is 61.4 Å². The predicted molar refractivity (Wildman–Crippen MR) is 126 cm³/mol. The van der Waals surface area contributed by atoms with Crippen LogP contribution in [0, 0.1) is 25.5 Å². The molecule has 6 nitrogen and oxygen atoms in total. The van der Waals surface area contributed by atoms with Gasteiger partial charge in [0.2, 0.25) is 10.0 Å². The number of esters is 1. The highest BCUT2D eigenvalue weighted by atomic mass is 35.5. The largest absolute Gasteiger partial charge is 0.459 e. The van der Waals surface area contributed by atoms with Crippen molar-refractivity contribution in [1.82, 2.24) is 4.72 Å². The van der Waals surface area contributed by atoms with Crippen molar-refractivity contribution in [2.24, 2.45) is 0 Å². The van der Waals surface area contributed by atoms with Crippen LogP contribution in [0.3, 0.4) is 0 Å². The average Bonchev–Trinajstić information content (AvgIpc) is 2.66. The minimum atomic E-state index is -4.80. The minimum Gasteiger partial charge on any atom is -0.459 e. The van der Waals surface area contributed by atoms with Gasteiger partial charge in [-0.1, -0.05) is 24.6 Å². The number of nitrogens with one attached hydrogen (secondary N) is 1. The number of rotatable bonds is 7. The lowest BCUT2D eigenvalue weighted by molar-refractivity contribution is -0.157. The van der Waals surface area contributed by atoms with Crippen molar-refractivity contribution in [3.63, 3.8) is 0 Å². The molecular formula is C24H28ClF2NO5S. The first-order valence-corrected chi connectivity index (χ1v) is 12.3. The standard InChI is InChI=1S/C24H28ClF2NO5S/c1-12-8-9-18(26)20(13(12)2)14(3)21(23(30)33-24(5,6)7)28-34(31,32)22-17(15(4)29)10-16(25)11-19(22)27/h8-11,14,21,28H,1-7H3/t14?,21-/m0/s1. The monoisotopic (exact) mass is 515 g/mol. The van der Waals surface area contributed by atoms with Gasteiger partial charge < -0.3 is 4.74 Å². The molecule has 186 valence electrons. The van der Waals surface area contributed by atoms with Crippen LogP contribution < -0.4 is 4.72 Å². The van der Waals surface area contributed by atoms with Crippen LogP contribution in [0.4, 0.5) is 8.78 Å². The van der Waals surface area contributed by atoms with Gasteiger partial charge in [-0.3, -0.25) is 9.59 Å². The lowest BCUT2D eigenvalue weighted by Crippen LogP contribution is -2.47. The summed E-state index contributed by atoms with van der Waals surface area (Å²) in [6.07, 6.45) is 0. The van der Waals surface area contributed by atoms with Crippen LogP contribution in [0.1, 0.15) is 67.6 Å². The third-order valence-corrected chi connectivity index (χ3v) is 7.02. The highest BCUT2D eigenvalue weighted by molar-refractivity contribution is 7.89. The summed E-state index contributed by atoms with van der Waals surface area (Å²) in [7, 11) is -4.80. The van der Waals surface area contributed by atoms with E-state index >= 15 is 0 Å². The van der Waals surface area contributed by atoms with Crippen LogP contribution in [0.15, 0.2) is 29.2 Å². The first kappa shape index (κ1) is 27.9. The van der Waals surface area contributed by atoms with Crippen LogP contribution in [0.5, 0.6) is 0 Å². The molecule has 0 bridgehead atoms. The first-order chi connectivity index (χ1) is 15.5. The van der Waals surface area contributed by atoms with E-state index in [9.17, 15) is 26.8 Å². The molecule has 34 heavy (non-hydrogen) atoms. The van der Waals surface area contributed by atoms with Gasteiger partial charge in [-0.05, 0) is 76.4 Å². The Bertz CT molecular complexity index is 1240. The summed E-state index contributed by atoms with van der Waals surface area (Å²) in [6.45, 7) is 10.7. The second kappa shape index (κ2) is 10.1. The molecule has 0 fully saturated rings. The van der Waals surface area contributed by atoms with Crippen molar-refractivity contribution in [3.8, 4) is 0 Å². The van der Waals surface area contributed by atoms with E-state index in [0.717, 1.165) is 24.6 Å². The molecule has 0 amide bonds. The van der Waals surface area contributed by atoms with Crippen LogP contribution in [-0.4, -0.2) is 31.8 Å². The Morgan fingerprint density at radius 2 is 1.68 bits per heavy atom. The van der Waals surface area contributed by atoms with Gasteiger partial charge in [0.05, 0.1) is 0 Å². The molecule has 2 aromatic carbocycles. The number of sulfonamides is 1. The molecule has 10 heteroatoms. The topological polar surface area (TPSA) is 89.5 Å². The van der Waals surface area contributed by atoms with E-state index in [1.807, 2.05) is 0 Å². The highest BCUT2D eigenvalue weighted by Gasteiger charge is 2.38. The molecule has 2 atom stereocenters. The highest BCUT2D eigenvalue weighted by Crippen LogP contribution is 2.31. The molecule has 0 heterocycles. The van der Waals surface area contributed by atoms with Gasteiger partial charge >= 0.3 is 5.97 Å². The fraction of sp³-hybridized carbons (Fsp3) is 0.417. The molecule has 0 saturated heterocycles. The summed E-state index contributed by atoms with van der Waals surface area (Å²) in [6, 6.07) is 2.93. The maximum atomic E-state index is 14.8. The predicted octanol–water partition coefficient (Wildman–Crippen LogP) is 5.23. The number of hydrogen-bond acceptors (Lipinski definition) is 5.